The maximum absolute atomic E-state index is 12.1. The van der Waals surface area contributed by atoms with Gasteiger partial charge in [-0.25, -0.2) is 4.79 Å². The fraction of sp³-hybridized carbons (Fsp3) is 0.267. The summed E-state index contributed by atoms with van der Waals surface area (Å²) in [6.07, 6.45) is 0. The van der Waals surface area contributed by atoms with E-state index < -0.39 is 0 Å². The van der Waals surface area contributed by atoms with E-state index in [4.69, 9.17) is 0 Å². The fourth-order valence-electron chi connectivity index (χ4n) is 2.34. The molecule has 1 saturated heterocycles. The smallest absolute Gasteiger partial charge is 0.317 e. The number of phenolic OH excluding ortho intramolecular Hbond substituents is 1. The molecule has 1 fully saturated rings. The van der Waals surface area contributed by atoms with Crippen LogP contribution in [0.15, 0.2) is 30.3 Å². The maximum Gasteiger partial charge on any atom is 0.317 e. The number of hydrogen-bond acceptors (Lipinski definition) is 4. The van der Waals surface area contributed by atoms with Gasteiger partial charge in [0, 0.05) is 31.7 Å². The Morgan fingerprint density at radius 1 is 1.35 bits per heavy atom. The van der Waals surface area contributed by atoms with Gasteiger partial charge in [0.1, 0.15) is 11.4 Å². The zero-order valence-electron chi connectivity index (χ0n) is 12.4. The lowest BCUT2D eigenvalue weighted by molar-refractivity contribution is 0.0945. The molecule has 8 nitrogen and oxygen atoms in total. The number of phenols is 1. The molecule has 0 saturated carbocycles. The first-order chi connectivity index (χ1) is 11.1. The number of aromatic amines is 1. The van der Waals surface area contributed by atoms with E-state index in [1.165, 1.54) is 0 Å². The maximum atomic E-state index is 12.1. The van der Waals surface area contributed by atoms with Crippen molar-refractivity contribution < 1.29 is 14.7 Å². The molecule has 4 N–H and O–H groups in total. The second-order valence-corrected chi connectivity index (χ2v) is 5.19. The number of amides is 3. The molecule has 1 aromatic heterocycles. The Morgan fingerprint density at radius 2 is 2.13 bits per heavy atom. The Kier molecular flexibility index (Phi) is 4.13. The number of nitrogens with zero attached hydrogens (tertiary/aromatic N) is 2. The monoisotopic (exact) mass is 315 g/mol. The number of urea groups is 1. The van der Waals surface area contributed by atoms with Crippen molar-refractivity contribution >= 4 is 11.9 Å². The van der Waals surface area contributed by atoms with Gasteiger partial charge in [0.05, 0.1) is 5.69 Å². The largest absolute Gasteiger partial charge is 0.508 e. The lowest BCUT2D eigenvalue weighted by atomic mass is 10.1. The summed E-state index contributed by atoms with van der Waals surface area (Å²) in [6.45, 7) is 2.14. The van der Waals surface area contributed by atoms with Gasteiger partial charge >= 0.3 is 6.03 Å². The van der Waals surface area contributed by atoms with Crippen LogP contribution in [0.1, 0.15) is 10.5 Å². The number of carbonyl (C=O) groups is 2. The van der Waals surface area contributed by atoms with E-state index in [9.17, 15) is 14.7 Å². The highest BCUT2D eigenvalue weighted by Crippen LogP contribution is 2.20. The van der Waals surface area contributed by atoms with E-state index in [0.29, 0.717) is 37.6 Å². The first-order valence-corrected chi connectivity index (χ1v) is 7.29. The molecule has 1 aliphatic heterocycles. The van der Waals surface area contributed by atoms with Gasteiger partial charge in [-0.05, 0) is 30.3 Å². The fourth-order valence-corrected chi connectivity index (χ4v) is 2.34. The zero-order chi connectivity index (χ0) is 16.2. The van der Waals surface area contributed by atoms with E-state index in [0.717, 1.165) is 5.56 Å². The molecule has 1 aliphatic rings. The number of carbonyl (C=O) groups excluding carboxylic acids is 2. The van der Waals surface area contributed by atoms with Crippen LogP contribution in [0, 0.1) is 0 Å². The van der Waals surface area contributed by atoms with Gasteiger partial charge in [0.25, 0.3) is 5.91 Å². The third-order valence-electron chi connectivity index (χ3n) is 3.60. The Bertz CT molecular complexity index is 710. The minimum atomic E-state index is -0.276. The molecule has 8 heteroatoms. The highest BCUT2D eigenvalue weighted by atomic mass is 16.3. The standard InChI is InChI=1S/C15H17N5O3/c21-11-3-1-10(2-4-11)12-9-13(19-18-12)14(22)16-5-7-20-8-6-17-15(20)23/h1-4,9,21H,5-8H2,(H,16,22)(H,17,23)(H,18,19). The molecule has 0 radical (unpaired) electrons. The quantitative estimate of drug-likeness (QED) is 0.645. The van der Waals surface area contributed by atoms with Crippen LogP contribution in [0.2, 0.25) is 0 Å². The summed E-state index contributed by atoms with van der Waals surface area (Å²) in [5.41, 5.74) is 1.76. The molecule has 0 aliphatic carbocycles. The van der Waals surface area contributed by atoms with Crippen LogP contribution in [-0.2, 0) is 0 Å². The number of H-pyrrole nitrogens is 1. The summed E-state index contributed by atoms with van der Waals surface area (Å²) in [7, 11) is 0. The third kappa shape index (κ3) is 3.42. The van der Waals surface area contributed by atoms with Gasteiger partial charge in [0.15, 0.2) is 0 Å². The molecule has 3 amide bonds. The molecule has 2 heterocycles. The molecule has 0 unspecified atom stereocenters. The predicted octanol–water partition coefficient (Wildman–Crippen LogP) is 0.537. The molecule has 2 aromatic rings. The first-order valence-electron chi connectivity index (χ1n) is 7.29. The van der Waals surface area contributed by atoms with Crippen molar-refractivity contribution in [2.24, 2.45) is 0 Å². The Balaban J connectivity index is 1.56. The molecular formula is C15H17N5O3. The normalized spacial score (nSPS) is 13.9. The van der Waals surface area contributed by atoms with Crippen molar-refractivity contribution in [2.75, 3.05) is 26.2 Å². The van der Waals surface area contributed by atoms with E-state index >= 15 is 0 Å². The van der Waals surface area contributed by atoms with E-state index in [1.807, 2.05) is 0 Å². The molecule has 1 aromatic carbocycles. The number of aromatic hydroxyl groups is 1. The van der Waals surface area contributed by atoms with Gasteiger partial charge in [0.2, 0.25) is 0 Å². The summed E-state index contributed by atoms with van der Waals surface area (Å²) in [5, 5.41) is 21.5. The van der Waals surface area contributed by atoms with Gasteiger partial charge in [-0.1, -0.05) is 0 Å². The minimum absolute atomic E-state index is 0.101. The van der Waals surface area contributed by atoms with Crippen molar-refractivity contribution in [1.82, 2.24) is 25.7 Å². The van der Waals surface area contributed by atoms with Crippen molar-refractivity contribution in [3.63, 3.8) is 0 Å². The number of nitrogens with one attached hydrogen (secondary N) is 3. The van der Waals surface area contributed by atoms with Crippen LogP contribution >= 0.6 is 0 Å². The Labute approximate surface area is 132 Å². The molecule has 0 spiro atoms. The molecular weight excluding hydrogens is 298 g/mol. The highest BCUT2D eigenvalue weighted by Gasteiger charge is 2.19. The van der Waals surface area contributed by atoms with Crippen LogP contribution in [0.5, 0.6) is 5.75 Å². The first kappa shape index (κ1) is 14.9. The lowest BCUT2D eigenvalue weighted by Gasteiger charge is -2.13. The van der Waals surface area contributed by atoms with Gasteiger partial charge in [-0.15, -0.1) is 0 Å². The summed E-state index contributed by atoms with van der Waals surface area (Å²) in [5.74, 6) is -0.102. The van der Waals surface area contributed by atoms with Gasteiger partial charge < -0.3 is 20.6 Å². The molecule has 0 bridgehead atoms. The number of rotatable bonds is 5. The summed E-state index contributed by atoms with van der Waals surface area (Å²) in [6, 6.07) is 8.11. The van der Waals surface area contributed by atoms with E-state index in [-0.39, 0.29) is 17.7 Å². The number of hydrogen-bond donors (Lipinski definition) is 4. The van der Waals surface area contributed by atoms with Crippen LogP contribution in [-0.4, -0.2) is 58.3 Å². The van der Waals surface area contributed by atoms with Crippen molar-refractivity contribution in [3.05, 3.63) is 36.0 Å². The van der Waals surface area contributed by atoms with Gasteiger partial charge in [-0.2, -0.15) is 5.10 Å². The predicted molar refractivity (Wildman–Crippen MR) is 83.0 cm³/mol. The second-order valence-electron chi connectivity index (χ2n) is 5.19. The summed E-state index contributed by atoms with van der Waals surface area (Å²) < 4.78 is 0. The van der Waals surface area contributed by atoms with Gasteiger partial charge in [-0.3, -0.25) is 9.89 Å². The zero-order valence-corrected chi connectivity index (χ0v) is 12.4. The number of benzene rings is 1. The van der Waals surface area contributed by atoms with Crippen molar-refractivity contribution in [1.29, 1.82) is 0 Å². The topological polar surface area (TPSA) is 110 Å². The second kappa shape index (κ2) is 6.39. The van der Waals surface area contributed by atoms with Crippen LogP contribution < -0.4 is 10.6 Å². The third-order valence-corrected chi connectivity index (χ3v) is 3.60. The van der Waals surface area contributed by atoms with Crippen molar-refractivity contribution in [2.45, 2.75) is 0 Å². The average molecular weight is 315 g/mol. The van der Waals surface area contributed by atoms with Crippen LogP contribution in [0.25, 0.3) is 11.3 Å². The van der Waals surface area contributed by atoms with Crippen LogP contribution in [0.3, 0.4) is 0 Å². The average Bonchev–Trinajstić information content (AvgIpc) is 3.18. The molecule has 23 heavy (non-hydrogen) atoms. The Hall–Kier alpha value is -3.03. The number of aromatic nitrogens is 2. The van der Waals surface area contributed by atoms with E-state index in [2.05, 4.69) is 20.8 Å². The summed E-state index contributed by atoms with van der Waals surface area (Å²) >= 11 is 0. The van der Waals surface area contributed by atoms with Crippen LogP contribution in [0.4, 0.5) is 4.79 Å². The molecule has 3 rings (SSSR count). The molecule has 120 valence electrons. The SMILES string of the molecule is O=C(NCCN1CCNC1=O)c1cc(-c2ccc(O)cc2)n[nH]1. The summed E-state index contributed by atoms with van der Waals surface area (Å²) in [4.78, 5) is 25.1. The lowest BCUT2D eigenvalue weighted by Crippen LogP contribution is -2.36. The Morgan fingerprint density at radius 3 is 2.83 bits per heavy atom. The van der Waals surface area contributed by atoms with Crippen molar-refractivity contribution in [3.8, 4) is 17.0 Å². The minimum Gasteiger partial charge on any atom is -0.508 e. The molecule has 0 atom stereocenters. The van der Waals surface area contributed by atoms with E-state index in [1.54, 1.807) is 35.2 Å². The highest BCUT2D eigenvalue weighted by molar-refractivity contribution is 5.93.